The molecule has 0 bridgehead atoms. The highest BCUT2D eigenvalue weighted by Gasteiger charge is 2.37. The fourth-order valence-corrected chi connectivity index (χ4v) is 3.04. The lowest BCUT2D eigenvalue weighted by Gasteiger charge is -2.34. The van der Waals surface area contributed by atoms with E-state index >= 15 is 0 Å². The number of carbonyl (C=O) groups excluding carboxylic acids is 1. The first-order valence-corrected chi connectivity index (χ1v) is 9.22. The topological polar surface area (TPSA) is 94.8 Å². The monoisotopic (exact) mass is 382 g/mol. The van der Waals surface area contributed by atoms with E-state index in [0.717, 1.165) is 16.9 Å². The van der Waals surface area contributed by atoms with Crippen molar-refractivity contribution in [1.82, 2.24) is 29.8 Å². The Hall–Kier alpha value is -2.87. The molecule has 0 saturated carbocycles. The number of aromatic nitrogens is 5. The van der Waals surface area contributed by atoms with Crippen LogP contribution in [0.25, 0.3) is 11.2 Å². The third kappa shape index (κ3) is 3.73. The van der Waals surface area contributed by atoms with Crippen LogP contribution in [0.3, 0.4) is 0 Å². The Kier molecular flexibility index (Phi) is 5.42. The molecule has 0 unspecified atom stereocenters. The summed E-state index contributed by atoms with van der Waals surface area (Å²) in [7, 11) is 1.62. The number of pyridine rings is 1. The van der Waals surface area contributed by atoms with Gasteiger partial charge in [0.05, 0.1) is 17.5 Å². The number of hydrogen-bond acceptors (Lipinski definition) is 6. The van der Waals surface area contributed by atoms with Crippen molar-refractivity contribution in [2.75, 3.05) is 7.11 Å². The second-order valence-electron chi connectivity index (χ2n) is 7.54. The maximum absolute atomic E-state index is 12.9. The second kappa shape index (κ2) is 7.63. The van der Waals surface area contributed by atoms with E-state index in [0.29, 0.717) is 5.82 Å². The molecule has 8 heteroatoms. The molecule has 3 rings (SSSR count). The Morgan fingerprint density at radius 1 is 1.21 bits per heavy atom. The SMILES string of the molecule is COC(C)(C)[C@H](NC(=O)c1cnc(C)cn1)c1nc2cccnc2n1C(C)C. The van der Waals surface area contributed by atoms with Gasteiger partial charge in [-0.05, 0) is 46.8 Å². The highest BCUT2D eigenvalue weighted by Crippen LogP contribution is 2.32. The zero-order chi connectivity index (χ0) is 20.5. The third-order valence-corrected chi connectivity index (χ3v) is 4.76. The standard InChI is InChI=1S/C20H26N6O2/c1-12(2)26-17-14(8-7-9-21-17)24-18(26)16(20(4,5)28-6)25-19(27)15-11-22-13(3)10-23-15/h7-12,16H,1-6H3,(H,25,27)/t16-/m1/s1. The van der Waals surface area contributed by atoms with Crippen molar-refractivity contribution in [1.29, 1.82) is 0 Å². The van der Waals surface area contributed by atoms with Crippen LogP contribution in [0, 0.1) is 6.92 Å². The molecular weight excluding hydrogens is 356 g/mol. The number of aryl methyl sites for hydroxylation is 1. The minimum atomic E-state index is -0.720. The van der Waals surface area contributed by atoms with Gasteiger partial charge < -0.3 is 14.6 Å². The summed E-state index contributed by atoms with van der Waals surface area (Å²) in [6.45, 7) is 9.77. The summed E-state index contributed by atoms with van der Waals surface area (Å²) in [5.41, 5.74) is 1.81. The molecule has 3 heterocycles. The Morgan fingerprint density at radius 3 is 2.57 bits per heavy atom. The van der Waals surface area contributed by atoms with Crippen LogP contribution < -0.4 is 5.32 Å². The van der Waals surface area contributed by atoms with Crippen LogP contribution in [0.15, 0.2) is 30.7 Å². The quantitative estimate of drug-likeness (QED) is 0.704. The molecule has 0 aromatic carbocycles. The van der Waals surface area contributed by atoms with Crippen molar-refractivity contribution in [3.63, 3.8) is 0 Å². The zero-order valence-electron chi connectivity index (χ0n) is 17.1. The summed E-state index contributed by atoms with van der Waals surface area (Å²) in [5, 5.41) is 3.04. The Morgan fingerprint density at radius 2 is 1.96 bits per heavy atom. The van der Waals surface area contributed by atoms with E-state index in [-0.39, 0.29) is 17.6 Å². The molecule has 0 radical (unpaired) electrons. The fraction of sp³-hybridized carbons (Fsp3) is 0.450. The summed E-state index contributed by atoms with van der Waals surface area (Å²) in [6.07, 6.45) is 4.77. The van der Waals surface area contributed by atoms with Crippen LogP contribution >= 0.6 is 0 Å². The summed E-state index contributed by atoms with van der Waals surface area (Å²) in [5.74, 6) is 0.349. The van der Waals surface area contributed by atoms with E-state index < -0.39 is 11.6 Å². The van der Waals surface area contributed by atoms with Crippen LogP contribution in [0.4, 0.5) is 0 Å². The molecule has 1 amide bonds. The second-order valence-corrected chi connectivity index (χ2v) is 7.54. The number of ether oxygens (including phenoxy) is 1. The number of carbonyl (C=O) groups is 1. The van der Waals surface area contributed by atoms with Gasteiger partial charge in [0.25, 0.3) is 5.91 Å². The van der Waals surface area contributed by atoms with Gasteiger partial charge in [-0.2, -0.15) is 0 Å². The lowest BCUT2D eigenvalue weighted by atomic mass is 9.97. The smallest absolute Gasteiger partial charge is 0.272 e. The molecular formula is C20H26N6O2. The number of nitrogens with zero attached hydrogens (tertiary/aromatic N) is 5. The molecule has 3 aromatic rings. The van der Waals surface area contributed by atoms with Gasteiger partial charge in [0.1, 0.15) is 23.1 Å². The van der Waals surface area contributed by atoms with Crippen molar-refractivity contribution in [2.45, 2.75) is 52.3 Å². The average molecular weight is 382 g/mol. The predicted octanol–water partition coefficient (Wildman–Crippen LogP) is 3.01. The van der Waals surface area contributed by atoms with E-state index in [4.69, 9.17) is 9.72 Å². The normalized spacial score (nSPS) is 13.1. The summed E-state index contributed by atoms with van der Waals surface area (Å²) < 4.78 is 7.75. The highest BCUT2D eigenvalue weighted by molar-refractivity contribution is 5.92. The molecule has 0 spiro atoms. The number of methoxy groups -OCH3 is 1. The summed E-state index contributed by atoms with van der Waals surface area (Å²) in [6, 6.07) is 3.33. The van der Waals surface area contributed by atoms with Gasteiger partial charge in [-0.25, -0.2) is 15.0 Å². The van der Waals surface area contributed by atoms with Gasteiger partial charge in [0.2, 0.25) is 0 Å². The van der Waals surface area contributed by atoms with Crippen molar-refractivity contribution < 1.29 is 9.53 Å². The highest BCUT2D eigenvalue weighted by atomic mass is 16.5. The summed E-state index contributed by atoms with van der Waals surface area (Å²) in [4.78, 5) is 30.5. The minimum Gasteiger partial charge on any atom is -0.376 e. The van der Waals surface area contributed by atoms with Gasteiger partial charge in [-0.3, -0.25) is 9.78 Å². The van der Waals surface area contributed by atoms with Gasteiger partial charge in [-0.1, -0.05) is 0 Å². The van der Waals surface area contributed by atoms with Crippen LogP contribution in [-0.4, -0.2) is 43.1 Å². The average Bonchev–Trinajstić information content (AvgIpc) is 3.05. The number of nitrogens with one attached hydrogen (secondary N) is 1. The number of hydrogen-bond donors (Lipinski definition) is 1. The van der Waals surface area contributed by atoms with Crippen molar-refractivity contribution in [3.8, 4) is 0 Å². The van der Waals surface area contributed by atoms with Gasteiger partial charge in [-0.15, -0.1) is 0 Å². The molecule has 0 aliphatic carbocycles. The van der Waals surface area contributed by atoms with E-state index in [9.17, 15) is 4.79 Å². The maximum atomic E-state index is 12.9. The minimum absolute atomic E-state index is 0.0983. The maximum Gasteiger partial charge on any atom is 0.272 e. The number of fused-ring (bicyclic) bond motifs is 1. The molecule has 1 atom stereocenters. The number of amides is 1. The first kappa shape index (κ1) is 19.9. The van der Waals surface area contributed by atoms with Crippen LogP contribution in [0.2, 0.25) is 0 Å². The van der Waals surface area contributed by atoms with Crippen molar-refractivity contribution >= 4 is 17.1 Å². The number of imidazole rings is 1. The van der Waals surface area contributed by atoms with Crippen LogP contribution in [0.1, 0.15) is 61.8 Å². The molecule has 0 aliphatic heterocycles. The van der Waals surface area contributed by atoms with E-state index in [1.165, 1.54) is 6.20 Å². The van der Waals surface area contributed by atoms with E-state index in [2.05, 4.69) is 34.1 Å². The fourth-order valence-electron chi connectivity index (χ4n) is 3.04. The Bertz CT molecular complexity index is 978. The molecule has 8 nitrogen and oxygen atoms in total. The molecule has 1 N–H and O–H groups in total. The van der Waals surface area contributed by atoms with Gasteiger partial charge in [0, 0.05) is 25.5 Å². The third-order valence-electron chi connectivity index (χ3n) is 4.76. The largest absolute Gasteiger partial charge is 0.376 e. The van der Waals surface area contributed by atoms with Gasteiger partial charge >= 0.3 is 0 Å². The van der Waals surface area contributed by atoms with Crippen LogP contribution in [-0.2, 0) is 4.74 Å². The molecule has 0 aliphatic rings. The van der Waals surface area contributed by atoms with Gasteiger partial charge in [0.15, 0.2) is 5.65 Å². The zero-order valence-corrected chi connectivity index (χ0v) is 17.1. The lowest BCUT2D eigenvalue weighted by molar-refractivity contribution is -0.0134. The lowest BCUT2D eigenvalue weighted by Crippen LogP contribution is -2.45. The molecule has 0 fully saturated rings. The molecule has 0 saturated heterocycles. The van der Waals surface area contributed by atoms with Crippen LogP contribution in [0.5, 0.6) is 0 Å². The first-order valence-electron chi connectivity index (χ1n) is 9.22. The van der Waals surface area contributed by atoms with E-state index in [1.807, 2.05) is 37.5 Å². The van der Waals surface area contributed by atoms with Crippen molar-refractivity contribution in [3.05, 3.63) is 47.9 Å². The molecule has 28 heavy (non-hydrogen) atoms. The molecule has 148 valence electrons. The number of rotatable bonds is 6. The molecule has 3 aromatic heterocycles. The Balaban J connectivity index is 2.09. The first-order chi connectivity index (χ1) is 13.2. The predicted molar refractivity (Wildman–Crippen MR) is 106 cm³/mol. The van der Waals surface area contributed by atoms with Crippen molar-refractivity contribution in [2.24, 2.45) is 0 Å². The van der Waals surface area contributed by atoms with E-state index in [1.54, 1.807) is 19.5 Å². The summed E-state index contributed by atoms with van der Waals surface area (Å²) >= 11 is 0. The Labute approximate surface area is 164 Å².